The van der Waals surface area contributed by atoms with Crippen molar-refractivity contribution in [2.75, 3.05) is 41.8 Å². The van der Waals surface area contributed by atoms with Crippen LogP contribution in [0.4, 0.5) is 4.39 Å². The SMILES string of the molecule is CN=C(NCC(c1cccc(F)c1)N(C)C)N(C)Cc1ccccc1OC. The molecular formula is C21H29FN4O. The molecule has 0 spiro atoms. The van der Waals surface area contributed by atoms with Crippen LogP contribution in [0.3, 0.4) is 0 Å². The fourth-order valence-electron chi connectivity index (χ4n) is 3.05. The van der Waals surface area contributed by atoms with Crippen molar-refractivity contribution in [3.05, 3.63) is 65.5 Å². The second-order valence-electron chi connectivity index (χ2n) is 6.63. The van der Waals surface area contributed by atoms with Crippen LogP contribution < -0.4 is 10.1 Å². The van der Waals surface area contributed by atoms with E-state index >= 15 is 0 Å². The Labute approximate surface area is 161 Å². The summed E-state index contributed by atoms with van der Waals surface area (Å²) in [5.74, 6) is 1.40. The molecular weight excluding hydrogens is 343 g/mol. The van der Waals surface area contributed by atoms with E-state index in [4.69, 9.17) is 4.74 Å². The molecule has 27 heavy (non-hydrogen) atoms. The first-order valence-electron chi connectivity index (χ1n) is 8.91. The Morgan fingerprint density at radius 1 is 1.15 bits per heavy atom. The topological polar surface area (TPSA) is 40.1 Å². The molecule has 0 saturated heterocycles. The molecule has 0 radical (unpaired) electrons. The molecule has 0 aliphatic rings. The lowest BCUT2D eigenvalue weighted by atomic mass is 10.1. The van der Waals surface area contributed by atoms with Gasteiger partial charge in [-0.05, 0) is 37.9 Å². The Bertz CT molecular complexity index is 763. The molecule has 0 amide bonds. The van der Waals surface area contributed by atoms with Gasteiger partial charge in [0, 0.05) is 32.7 Å². The fraction of sp³-hybridized carbons (Fsp3) is 0.381. The summed E-state index contributed by atoms with van der Waals surface area (Å²) < 4.78 is 19.0. The number of aliphatic imine (C=N–C) groups is 1. The number of likely N-dealkylation sites (N-methyl/N-ethyl adjacent to an activating group) is 1. The lowest BCUT2D eigenvalue weighted by molar-refractivity contribution is 0.294. The number of hydrogen-bond acceptors (Lipinski definition) is 3. The quantitative estimate of drug-likeness (QED) is 0.599. The van der Waals surface area contributed by atoms with Crippen molar-refractivity contribution in [3.63, 3.8) is 0 Å². The van der Waals surface area contributed by atoms with Gasteiger partial charge in [-0.2, -0.15) is 0 Å². The maximum atomic E-state index is 13.6. The molecule has 0 bridgehead atoms. The molecule has 5 nitrogen and oxygen atoms in total. The van der Waals surface area contributed by atoms with E-state index in [-0.39, 0.29) is 11.9 Å². The van der Waals surface area contributed by atoms with Crippen molar-refractivity contribution < 1.29 is 9.13 Å². The third kappa shape index (κ3) is 5.69. The first-order valence-corrected chi connectivity index (χ1v) is 8.91. The van der Waals surface area contributed by atoms with Gasteiger partial charge in [0.1, 0.15) is 11.6 Å². The van der Waals surface area contributed by atoms with E-state index in [0.717, 1.165) is 22.8 Å². The van der Waals surface area contributed by atoms with Crippen LogP contribution in [0.1, 0.15) is 17.2 Å². The molecule has 0 aliphatic carbocycles. The van der Waals surface area contributed by atoms with Crippen molar-refractivity contribution in [1.29, 1.82) is 0 Å². The summed E-state index contributed by atoms with van der Waals surface area (Å²) in [6.45, 7) is 1.27. The van der Waals surface area contributed by atoms with Crippen LogP contribution in [-0.2, 0) is 6.54 Å². The summed E-state index contributed by atoms with van der Waals surface area (Å²) in [6, 6.07) is 14.7. The lowest BCUT2D eigenvalue weighted by Gasteiger charge is -2.28. The molecule has 2 aromatic rings. The summed E-state index contributed by atoms with van der Waals surface area (Å²) in [5, 5.41) is 3.40. The standard InChI is InChI=1S/C21H29FN4O/c1-23-21(26(4)15-17-9-6-7-12-20(17)27-5)24-14-19(25(2)3)16-10-8-11-18(22)13-16/h6-13,19H,14-15H2,1-5H3,(H,23,24). The van der Waals surface area contributed by atoms with Gasteiger partial charge in [0.25, 0.3) is 0 Å². The van der Waals surface area contributed by atoms with Crippen molar-refractivity contribution >= 4 is 5.96 Å². The van der Waals surface area contributed by atoms with E-state index in [1.807, 2.05) is 56.4 Å². The van der Waals surface area contributed by atoms with E-state index < -0.39 is 0 Å². The fourth-order valence-corrected chi connectivity index (χ4v) is 3.05. The van der Waals surface area contributed by atoms with Gasteiger partial charge in [0.05, 0.1) is 13.2 Å². The van der Waals surface area contributed by atoms with Crippen molar-refractivity contribution in [1.82, 2.24) is 15.1 Å². The molecule has 0 heterocycles. The Kier molecular flexibility index (Phi) is 7.61. The zero-order chi connectivity index (χ0) is 19.8. The second kappa shape index (κ2) is 9.92. The summed E-state index contributed by atoms with van der Waals surface area (Å²) in [5.41, 5.74) is 2.01. The summed E-state index contributed by atoms with van der Waals surface area (Å²) in [7, 11) is 9.38. The molecule has 1 N–H and O–H groups in total. The second-order valence-corrected chi connectivity index (χ2v) is 6.63. The first-order chi connectivity index (χ1) is 13.0. The molecule has 0 fully saturated rings. The number of hydrogen-bond donors (Lipinski definition) is 1. The third-order valence-corrected chi connectivity index (χ3v) is 4.48. The number of nitrogens with one attached hydrogen (secondary N) is 1. The molecule has 2 aromatic carbocycles. The van der Waals surface area contributed by atoms with Crippen molar-refractivity contribution in [2.45, 2.75) is 12.6 Å². The van der Waals surface area contributed by atoms with E-state index in [1.54, 1.807) is 26.3 Å². The number of halogens is 1. The summed E-state index contributed by atoms with van der Waals surface area (Å²) in [6.07, 6.45) is 0. The van der Waals surface area contributed by atoms with Gasteiger partial charge in [-0.3, -0.25) is 4.99 Å². The van der Waals surface area contributed by atoms with Gasteiger partial charge in [0.2, 0.25) is 0 Å². The van der Waals surface area contributed by atoms with Crippen LogP contribution in [-0.4, -0.2) is 57.6 Å². The molecule has 1 unspecified atom stereocenters. The van der Waals surface area contributed by atoms with Crippen LogP contribution in [0, 0.1) is 5.82 Å². The number of methoxy groups -OCH3 is 1. The summed E-state index contributed by atoms with van der Waals surface area (Å²) >= 11 is 0. The molecule has 0 aromatic heterocycles. The van der Waals surface area contributed by atoms with E-state index in [9.17, 15) is 4.39 Å². The lowest BCUT2D eigenvalue weighted by Crippen LogP contribution is -2.42. The van der Waals surface area contributed by atoms with E-state index in [0.29, 0.717) is 13.1 Å². The zero-order valence-corrected chi connectivity index (χ0v) is 16.7. The Balaban J connectivity index is 2.06. The van der Waals surface area contributed by atoms with Gasteiger partial charge < -0.3 is 19.9 Å². The number of para-hydroxylation sites is 1. The number of ether oxygens (including phenoxy) is 1. The molecule has 6 heteroatoms. The molecule has 146 valence electrons. The Hall–Kier alpha value is -2.60. The maximum absolute atomic E-state index is 13.6. The number of benzene rings is 2. The predicted octanol–water partition coefficient (Wildman–Crippen LogP) is 3.14. The van der Waals surface area contributed by atoms with Crippen LogP contribution in [0.25, 0.3) is 0 Å². The van der Waals surface area contributed by atoms with Crippen LogP contribution in [0.2, 0.25) is 0 Å². The zero-order valence-electron chi connectivity index (χ0n) is 16.7. The Morgan fingerprint density at radius 3 is 2.52 bits per heavy atom. The summed E-state index contributed by atoms with van der Waals surface area (Å²) in [4.78, 5) is 8.48. The highest BCUT2D eigenvalue weighted by molar-refractivity contribution is 5.79. The maximum Gasteiger partial charge on any atom is 0.193 e. The number of nitrogens with zero attached hydrogens (tertiary/aromatic N) is 3. The highest BCUT2D eigenvalue weighted by atomic mass is 19.1. The highest BCUT2D eigenvalue weighted by Gasteiger charge is 2.17. The Morgan fingerprint density at radius 2 is 1.89 bits per heavy atom. The van der Waals surface area contributed by atoms with Gasteiger partial charge in [-0.1, -0.05) is 30.3 Å². The smallest absolute Gasteiger partial charge is 0.193 e. The van der Waals surface area contributed by atoms with E-state index in [1.165, 1.54) is 6.07 Å². The van der Waals surface area contributed by atoms with Crippen LogP contribution >= 0.6 is 0 Å². The van der Waals surface area contributed by atoms with Crippen LogP contribution in [0.5, 0.6) is 5.75 Å². The van der Waals surface area contributed by atoms with E-state index in [2.05, 4.69) is 15.2 Å². The van der Waals surface area contributed by atoms with Gasteiger partial charge in [0.15, 0.2) is 5.96 Å². The molecule has 1 atom stereocenters. The number of guanidine groups is 1. The predicted molar refractivity (Wildman–Crippen MR) is 109 cm³/mol. The monoisotopic (exact) mass is 372 g/mol. The highest BCUT2D eigenvalue weighted by Crippen LogP contribution is 2.20. The minimum Gasteiger partial charge on any atom is -0.496 e. The largest absolute Gasteiger partial charge is 0.496 e. The third-order valence-electron chi connectivity index (χ3n) is 4.48. The first kappa shape index (κ1) is 20.7. The normalized spacial score (nSPS) is 12.8. The molecule has 0 aliphatic heterocycles. The average molecular weight is 372 g/mol. The molecule has 2 rings (SSSR count). The van der Waals surface area contributed by atoms with Crippen LogP contribution in [0.15, 0.2) is 53.5 Å². The van der Waals surface area contributed by atoms with Gasteiger partial charge in [-0.15, -0.1) is 0 Å². The van der Waals surface area contributed by atoms with Gasteiger partial charge in [-0.25, -0.2) is 4.39 Å². The molecule has 0 saturated carbocycles. The number of rotatable bonds is 7. The van der Waals surface area contributed by atoms with Crippen molar-refractivity contribution in [2.24, 2.45) is 4.99 Å². The average Bonchev–Trinajstić information content (AvgIpc) is 2.65. The van der Waals surface area contributed by atoms with Gasteiger partial charge >= 0.3 is 0 Å². The minimum atomic E-state index is -0.225. The van der Waals surface area contributed by atoms with Crippen molar-refractivity contribution in [3.8, 4) is 5.75 Å². The minimum absolute atomic E-state index is 0.0251.